The highest BCUT2D eigenvalue weighted by atomic mass is 19.1. The predicted octanol–water partition coefficient (Wildman–Crippen LogP) is 2.45. The second-order valence-corrected chi connectivity index (χ2v) is 8.22. The molecule has 1 amide bonds. The monoisotopic (exact) mass is 367 g/mol. The molecule has 1 saturated heterocycles. The highest BCUT2D eigenvalue weighted by Crippen LogP contribution is 2.50. The molecule has 3 fully saturated rings. The van der Waals surface area contributed by atoms with Gasteiger partial charge >= 0.3 is 0 Å². The van der Waals surface area contributed by atoms with Crippen LogP contribution in [0.1, 0.15) is 42.9 Å². The third-order valence-corrected chi connectivity index (χ3v) is 6.11. The van der Waals surface area contributed by atoms with Gasteiger partial charge in [0.2, 0.25) is 5.91 Å². The quantitative estimate of drug-likeness (QED) is 0.816. The minimum absolute atomic E-state index is 0.0749. The van der Waals surface area contributed by atoms with Crippen LogP contribution >= 0.6 is 0 Å². The van der Waals surface area contributed by atoms with E-state index < -0.39 is 5.41 Å². The van der Waals surface area contributed by atoms with Gasteiger partial charge in [-0.2, -0.15) is 5.10 Å². The molecule has 5 nitrogen and oxygen atoms in total. The van der Waals surface area contributed by atoms with Gasteiger partial charge in [0.1, 0.15) is 5.82 Å². The molecule has 0 bridgehead atoms. The average molecular weight is 367 g/mol. The van der Waals surface area contributed by atoms with E-state index in [0.29, 0.717) is 25.6 Å². The zero-order chi connectivity index (χ0) is 18.6. The summed E-state index contributed by atoms with van der Waals surface area (Å²) in [5.74, 6) is 0.633. The first kappa shape index (κ1) is 16.7. The van der Waals surface area contributed by atoms with Crippen molar-refractivity contribution in [2.24, 2.45) is 5.92 Å². The normalized spacial score (nSPS) is 21.0. The second kappa shape index (κ2) is 6.01. The lowest BCUT2D eigenvalue weighted by Gasteiger charge is -2.41. The minimum atomic E-state index is -0.459. The zero-order valence-electron chi connectivity index (χ0n) is 15.1. The van der Waals surface area contributed by atoms with E-state index in [1.165, 1.54) is 12.1 Å². The van der Waals surface area contributed by atoms with Crippen molar-refractivity contribution in [3.63, 3.8) is 0 Å². The van der Waals surface area contributed by atoms with Gasteiger partial charge in [-0.25, -0.2) is 9.07 Å². The smallest absolute Gasteiger partial charge is 0.266 e. The fraction of sp³-hybridized carbons (Fsp3) is 0.476. The summed E-state index contributed by atoms with van der Waals surface area (Å²) in [6.07, 6.45) is 3.96. The third-order valence-electron chi connectivity index (χ3n) is 6.11. The zero-order valence-corrected chi connectivity index (χ0v) is 15.1. The molecule has 0 unspecified atom stereocenters. The van der Waals surface area contributed by atoms with Crippen molar-refractivity contribution in [1.82, 2.24) is 14.7 Å². The SMILES string of the molecule is O=C(N1CC(Cn2nc(C3CC3)ccc2=O)C1)C1(c2ccc(F)cc2)CC1. The van der Waals surface area contributed by atoms with Crippen LogP contribution < -0.4 is 5.56 Å². The van der Waals surface area contributed by atoms with E-state index in [1.54, 1.807) is 22.9 Å². The molecule has 6 heteroatoms. The van der Waals surface area contributed by atoms with Gasteiger partial charge in [0.25, 0.3) is 5.56 Å². The third kappa shape index (κ3) is 2.97. The number of carbonyl (C=O) groups excluding carboxylic acids is 1. The molecular formula is C21H22FN3O2. The number of rotatable bonds is 5. The second-order valence-electron chi connectivity index (χ2n) is 8.22. The molecule has 0 radical (unpaired) electrons. The molecule has 2 aliphatic carbocycles. The van der Waals surface area contributed by atoms with Crippen LogP contribution in [0, 0.1) is 11.7 Å². The Bertz CT molecular complexity index is 939. The van der Waals surface area contributed by atoms with E-state index in [-0.39, 0.29) is 23.2 Å². The van der Waals surface area contributed by atoms with Crippen LogP contribution in [0.4, 0.5) is 4.39 Å². The fourth-order valence-corrected chi connectivity index (χ4v) is 4.11. The van der Waals surface area contributed by atoms with Crippen LogP contribution in [0.2, 0.25) is 0 Å². The van der Waals surface area contributed by atoms with Crippen LogP contribution in [0.3, 0.4) is 0 Å². The summed E-state index contributed by atoms with van der Waals surface area (Å²) < 4.78 is 14.7. The number of halogens is 1. The summed E-state index contributed by atoms with van der Waals surface area (Å²) >= 11 is 0. The maximum Gasteiger partial charge on any atom is 0.266 e. The van der Waals surface area contributed by atoms with Gasteiger partial charge in [0.15, 0.2) is 0 Å². The highest BCUT2D eigenvalue weighted by molar-refractivity contribution is 5.91. The Balaban J connectivity index is 1.23. The standard InChI is InChI=1S/C21H22FN3O2/c22-17-5-3-16(4-6-17)21(9-10-21)20(27)24-11-14(12-24)13-25-19(26)8-7-18(23-25)15-1-2-15/h3-8,14-15H,1-2,9-13H2. The summed E-state index contributed by atoms with van der Waals surface area (Å²) in [6.45, 7) is 1.87. The molecule has 27 heavy (non-hydrogen) atoms. The number of amides is 1. The van der Waals surface area contributed by atoms with E-state index in [1.807, 2.05) is 11.0 Å². The molecule has 3 aliphatic rings. The number of aromatic nitrogens is 2. The number of carbonyl (C=O) groups is 1. The molecule has 2 aromatic rings. The summed E-state index contributed by atoms with van der Waals surface area (Å²) in [5.41, 5.74) is 1.39. The van der Waals surface area contributed by atoms with Gasteiger partial charge in [0.05, 0.1) is 17.7 Å². The van der Waals surface area contributed by atoms with Crippen molar-refractivity contribution in [2.75, 3.05) is 13.1 Å². The molecule has 1 aromatic heterocycles. The first-order valence-electron chi connectivity index (χ1n) is 9.69. The molecule has 2 heterocycles. The van der Waals surface area contributed by atoms with E-state index >= 15 is 0 Å². The van der Waals surface area contributed by atoms with Gasteiger partial charge in [-0.05, 0) is 49.4 Å². The lowest BCUT2D eigenvalue weighted by atomic mass is 9.90. The molecule has 0 N–H and O–H groups in total. The van der Waals surface area contributed by atoms with Crippen molar-refractivity contribution >= 4 is 5.91 Å². The van der Waals surface area contributed by atoms with Crippen molar-refractivity contribution in [3.8, 4) is 0 Å². The Morgan fingerprint density at radius 1 is 1.11 bits per heavy atom. The van der Waals surface area contributed by atoms with E-state index in [4.69, 9.17) is 0 Å². The minimum Gasteiger partial charge on any atom is -0.341 e. The molecule has 1 aromatic carbocycles. The summed E-state index contributed by atoms with van der Waals surface area (Å²) in [4.78, 5) is 26.9. The van der Waals surface area contributed by atoms with E-state index in [0.717, 1.165) is 36.9 Å². The van der Waals surface area contributed by atoms with Crippen molar-refractivity contribution in [2.45, 2.75) is 43.6 Å². The van der Waals surface area contributed by atoms with E-state index in [2.05, 4.69) is 5.10 Å². The Morgan fingerprint density at radius 2 is 1.81 bits per heavy atom. The Hall–Kier alpha value is -2.50. The van der Waals surface area contributed by atoms with Crippen molar-refractivity contribution in [1.29, 1.82) is 0 Å². The molecule has 0 spiro atoms. The first-order chi connectivity index (χ1) is 13.0. The van der Waals surface area contributed by atoms with Crippen LogP contribution in [0.25, 0.3) is 0 Å². The molecule has 1 aliphatic heterocycles. The van der Waals surface area contributed by atoms with Gasteiger partial charge in [-0.1, -0.05) is 12.1 Å². The molecule has 140 valence electrons. The predicted molar refractivity (Wildman–Crippen MR) is 97.9 cm³/mol. The maximum atomic E-state index is 13.2. The summed E-state index contributed by atoms with van der Waals surface area (Å²) in [7, 11) is 0. The summed E-state index contributed by atoms with van der Waals surface area (Å²) in [5, 5.41) is 4.51. The number of nitrogens with zero attached hydrogens (tertiary/aromatic N) is 3. The Morgan fingerprint density at radius 3 is 2.44 bits per heavy atom. The first-order valence-corrected chi connectivity index (χ1v) is 9.69. The molecule has 5 rings (SSSR count). The average Bonchev–Trinajstić information content (AvgIpc) is 3.53. The number of likely N-dealkylation sites (tertiary alicyclic amines) is 1. The number of benzene rings is 1. The molecule has 0 atom stereocenters. The van der Waals surface area contributed by atoms with Crippen molar-refractivity contribution in [3.05, 3.63) is 63.8 Å². The van der Waals surface area contributed by atoms with Gasteiger partial charge in [0, 0.05) is 31.0 Å². The molecular weight excluding hydrogens is 345 g/mol. The van der Waals surface area contributed by atoms with Crippen LogP contribution in [-0.4, -0.2) is 33.7 Å². The number of hydrogen-bond acceptors (Lipinski definition) is 3. The molecule has 2 saturated carbocycles. The van der Waals surface area contributed by atoms with Gasteiger partial charge < -0.3 is 4.90 Å². The lowest BCUT2D eigenvalue weighted by Crippen LogP contribution is -2.55. The Labute approximate surface area is 156 Å². The fourth-order valence-electron chi connectivity index (χ4n) is 4.11. The number of hydrogen-bond donors (Lipinski definition) is 0. The summed E-state index contributed by atoms with van der Waals surface area (Å²) in [6, 6.07) is 9.75. The topological polar surface area (TPSA) is 55.2 Å². The van der Waals surface area contributed by atoms with Gasteiger partial charge in [-0.15, -0.1) is 0 Å². The Kier molecular flexibility index (Phi) is 3.71. The van der Waals surface area contributed by atoms with Crippen molar-refractivity contribution < 1.29 is 9.18 Å². The van der Waals surface area contributed by atoms with Crippen LogP contribution in [0.5, 0.6) is 0 Å². The van der Waals surface area contributed by atoms with Crippen LogP contribution in [-0.2, 0) is 16.8 Å². The van der Waals surface area contributed by atoms with E-state index in [9.17, 15) is 14.0 Å². The maximum absolute atomic E-state index is 13.2. The largest absolute Gasteiger partial charge is 0.341 e. The highest BCUT2D eigenvalue weighted by Gasteiger charge is 2.54. The van der Waals surface area contributed by atoms with Gasteiger partial charge in [-0.3, -0.25) is 9.59 Å². The van der Waals surface area contributed by atoms with Crippen LogP contribution in [0.15, 0.2) is 41.2 Å². The lowest BCUT2D eigenvalue weighted by molar-refractivity contribution is -0.140.